The predicted octanol–water partition coefficient (Wildman–Crippen LogP) is 2.47. The second kappa shape index (κ2) is 5.32. The number of aliphatic hydroxyl groups is 1. The van der Waals surface area contributed by atoms with Gasteiger partial charge in [0.15, 0.2) is 0 Å². The Morgan fingerprint density at radius 1 is 1.08 bits per heavy atom. The number of carbonyl (C=O) groups excluding carboxylic acids is 2. The molecule has 4 bridgehead atoms. The lowest BCUT2D eigenvalue weighted by Gasteiger charge is -2.68. The van der Waals surface area contributed by atoms with Gasteiger partial charge in [-0.1, -0.05) is 32.4 Å². The van der Waals surface area contributed by atoms with Crippen molar-refractivity contribution in [3.8, 4) is 0 Å². The maximum absolute atomic E-state index is 11.7. The number of hydrogen-bond acceptors (Lipinski definition) is 5. The van der Waals surface area contributed by atoms with Crippen LogP contribution in [0, 0.1) is 28.6 Å². The van der Waals surface area contributed by atoms with E-state index in [1.54, 1.807) is 0 Å². The van der Waals surface area contributed by atoms with E-state index in [4.69, 9.17) is 9.47 Å². The molecule has 3 saturated carbocycles. The fourth-order valence-corrected chi connectivity index (χ4v) is 5.95. The molecule has 134 valence electrons. The van der Waals surface area contributed by atoms with Crippen LogP contribution in [0.15, 0.2) is 11.6 Å². The van der Waals surface area contributed by atoms with Crippen LogP contribution in [0.5, 0.6) is 0 Å². The molecule has 0 unspecified atom stereocenters. The Balaban J connectivity index is 2.09. The number of rotatable bonds is 2. The fraction of sp³-hybridized carbons (Fsp3) is 0.789. The molecule has 0 radical (unpaired) electrons. The van der Waals surface area contributed by atoms with Gasteiger partial charge in [-0.05, 0) is 18.8 Å². The normalized spacial score (nSPS) is 45.4. The number of carbonyl (C=O) groups is 2. The lowest BCUT2D eigenvalue weighted by Crippen LogP contribution is -2.68. The summed E-state index contributed by atoms with van der Waals surface area (Å²) in [4.78, 5) is 23.3. The standard InChI is InChI=1S/C19H28O5/c1-9-7-12(22)16-17-15(9)19(16,6)14(24-11(3)21)8-13(18(17,4)5)23-10(2)20/h7,12-17,22H,8H2,1-6H3/t12-,13-,14-,15+,16-,17+,19-/m1/s1. The first kappa shape index (κ1) is 17.5. The Kier molecular flexibility index (Phi) is 3.87. The first-order valence-corrected chi connectivity index (χ1v) is 8.72. The molecule has 4 aliphatic carbocycles. The van der Waals surface area contributed by atoms with Gasteiger partial charge in [0.05, 0.1) is 6.10 Å². The summed E-state index contributed by atoms with van der Waals surface area (Å²) in [7, 11) is 0. The van der Waals surface area contributed by atoms with Gasteiger partial charge in [-0.15, -0.1) is 0 Å². The number of aliphatic hydroxyl groups excluding tert-OH is 1. The predicted molar refractivity (Wildman–Crippen MR) is 87.8 cm³/mol. The number of esters is 2. The molecule has 0 heterocycles. The number of ether oxygens (including phenoxy) is 2. The van der Waals surface area contributed by atoms with E-state index >= 15 is 0 Å². The maximum atomic E-state index is 11.7. The van der Waals surface area contributed by atoms with Crippen molar-refractivity contribution in [3.05, 3.63) is 11.6 Å². The van der Waals surface area contributed by atoms with Crippen molar-refractivity contribution in [3.63, 3.8) is 0 Å². The Morgan fingerprint density at radius 3 is 2.12 bits per heavy atom. The van der Waals surface area contributed by atoms with Gasteiger partial charge in [-0.25, -0.2) is 0 Å². The zero-order valence-electron chi connectivity index (χ0n) is 15.3. The van der Waals surface area contributed by atoms with Crippen molar-refractivity contribution < 1.29 is 24.2 Å². The van der Waals surface area contributed by atoms with E-state index in [2.05, 4.69) is 20.8 Å². The summed E-state index contributed by atoms with van der Waals surface area (Å²) in [6.45, 7) is 11.2. The third-order valence-corrected chi connectivity index (χ3v) is 6.85. The van der Waals surface area contributed by atoms with Crippen LogP contribution < -0.4 is 0 Å². The number of fused-ring (bicyclic) bond motifs is 3. The van der Waals surface area contributed by atoms with Crippen molar-refractivity contribution in [1.29, 1.82) is 0 Å². The molecule has 1 N–H and O–H groups in total. The van der Waals surface area contributed by atoms with Gasteiger partial charge in [-0.2, -0.15) is 0 Å². The minimum atomic E-state index is -0.557. The van der Waals surface area contributed by atoms with Gasteiger partial charge < -0.3 is 14.6 Å². The molecule has 5 nitrogen and oxygen atoms in total. The van der Waals surface area contributed by atoms with E-state index in [1.807, 2.05) is 13.0 Å². The Morgan fingerprint density at radius 2 is 1.62 bits per heavy atom. The molecule has 4 rings (SSSR count). The molecule has 5 heteroatoms. The second-order valence-corrected chi connectivity index (χ2v) is 8.55. The van der Waals surface area contributed by atoms with Crippen LogP contribution in [0.4, 0.5) is 0 Å². The Labute approximate surface area is 143 Å². The molecule has 0 amide bonds. The molecule has 4 aliphatic rings. The highest BCUT2D eigenvalue weighted by molar-refractivity contribution is 5.67. The highest BCUT2D eigenvalue weighted by Gasteiger charge is 2.74. The fourth-order valence-electron chi connectivity index (χ4n) is 5.95. The van der Waals surface area contributed by atoms with E-state index in [0.717, 1.165) is 5.57 Å². The van der Waals surface area contributed by atoms with Crippen LogP contribution in [-0.2, 0) is 19.1 Å². The molecule has 24 heavy (non-hydrogen) atoms. The highest BCUT2D eigenvalue weighted by Crippen LogP contribution is 2.72. The van der Waals surface area contributed by atoms with Crippen molar-refractivity contribution in [2.45, 2.75) is 66.3 Å². The van der Waals surface area contributed by atoms with Crippen LogP contribution >= 0.6 is 0 Å². The Bertz CT molecular complexity index is 607. The monoisotopic (exact) mass is 336 g/mol. The van der Waals surface area contributed by atoms with Crippen molar-refractivity contribution in [2.24, 2.45) is 28.6 Å². The number of allylic oxidation sites excluding steroid dienone is 1. The third-order valence-electron chi connectivity index (χ3n) is 6.85. The molecule has 0 spiro atoms. The minimum absolute atomic E-state index is 0.00566. The van der Waals surface area contributed by atoms with Gasteiger partial charge >= 0.3 is 11.9 Å². The zero-order valence-corrected chi connectivity index (χ0v) is 15.3. The van der Waals surface area contributed by atoms with Gasteiger partial charge in [-0.3, -0.25) is 9.59 Å². The van der Waals surface area contributed by atoms with Gasteiger partial charge in [0.2, 0.25) is 0 Å². The summed E-state index contributed by atoms with van der Waals surface area (Å²) >= 11 is 0. The molecule has 0 aromatic carbocycles. The average Bonchev–Trinajstić information content (AvgIpc) is 2.50. The topological polar surface area (TPSA) is 72.8 Å². The van der Waals surface area contributed by atoms with Crippen molar-refractivity contribution in [1.82, 2.24) is 0 Å². The quantitative estimate of drug-likeness (QED) is 0.619. The van der Waals surface area contributed by atoms with E-state index in [1.165, 1.54) is 13.8 Å². The van der Waals surface area contributed by atoms with E-state index in [9.17, 15) is 14.7 Å². The van der Waals surface area contributed by atoms with Gasteiger partial charge in [0.25, 0.3) is 0 Å². The molecule has 0 aromatic heterocycles. The first-order chi connectivity index (χ1) is 11.0. The average molecular weight is 336 g/mol. The lowest BCUT2D eigenvalue weighted by atomic mass is 9.37. The van der Waals surface area contributed by atoms with Gasteiger partial charge in [0.1, 0.15) is 12.2 Å². The first-order valence-electron chi connectivity index (χ1n) is 8.72. The van der Waals surface area contributed by atoms with Crippen LogP contribution in [0.2, 0.25) is 0 Å². The molecule has 0 aromatic rings. The van der Waals surface area contributed by atoms with Crippen LogP contribution in [0.25, 0.3) is 0 Å². The van der Waals surface area contributed by atoms with Crippen molar-refractivity contribution in [2.75, 3.05) is 0 Å². The molecular formula is C19H28O5. The third kappa shape index (κ3) is 2.17. The summed E-state index contributed by atoms with van der Waals surface area (Å²) in [5, 5.41) is 10.7. The van der Waals surface area contributed by atoms with Crippen LogP contribution in [-0.4, -0.2) is 35.4 Å². The summed E-state index contributed by atoms with van der Waals surface area (Å²) in [6, 6.07) is 0. The van der Waals surface area contributed by atoms with Crippen LogP contribution in [0.3, 0.4) is 0 Å². The summed E-state index contributed by atoms with van der Waals surface area (Å²) in [5.74, 6) is -0.221. The second-order valence-electron chi connectivity index (χ2n) is 8.55. The number of hydrogen-bond donors (Lipinski definition) is 1. The Hall–Kier alpha value is -1.36. The van der Waals surface area contributed by atoms with Crippen molar-refractivity contribution >= 4 is 11.9 Å². The summed E-state index contributed by atoms with van der Waals surface area (Å²) in [5.41, 5.74) is 0.526. The van der Waals surface area contributed by atoms with E-state index in [-0.39, 0.29) is 52.7 Å². The molecule has 0 saturated heterocycles. The molecule has 0 aliphatic heterocycles. The van der Waals surface area contributed by atoms with E-state index < -0.39 is 6.10 Å². The van der Waals surface area contributed by atoms with E-state index in [0.29, 0.717) is 6.42 Å². The SMILES string of the molecule is CC(=O)O[C@@H]1C[C@@H](OC(C)=O)[C@@]2(C)[C@H]3[C@H]([C@@H]2C(C)=C[C@H]3O)C1(C)C. The maximum Gasteiger partial charge on any atom is 0.302 e. The largest absolute Gasteiger partial charge is 0.462 e. The summed E-state index contributed by atoms with van der Waals surface area (Å²) < 4.78 is 11.3. The molecular weight excluding hydrogens is 308 g/mol. The highest BCUT2D eigenvalue weighted by atomic mass is 16.6. The molecule has 3 fully saturated rings. The molecule has 7 atom stereocenters. The smallest absolute Gasteiger partial charge is 0.302 e. The minimum Gasteiger partial charge on any atom is -0.462 e. The zero-order chi connectivity index (χ0) is 18.0. The van der Waals surface area contributed by atoms with Gasteiger partial charge in [0, 0.05) is 37.0 Å². The van der Waals surface area contributed by atoms with Crippen LogP contribution in [0.1, 0.15) is 48.0 Å². The summed E-state index contributed by atoms with van der Waals surface area (Å²) in [6.07, 6.45) is 1.15. The lowest BCUT2D eigenvalue weighted by molar-refractivity contribution is -0.227.